The first-order valence-corrected chi connectivity index (χ1v) is 13.3. The predicted octanol–water partition coefficient (Wildman–Crippen LogP) is 3.74. The molecule has 0 atom stereocenters. The molecule has 0 fully saturated rings. The van der Waals surface area contributed by atoms with Crippen molar-refractivity contribution in [2.75, 3.05) is 13.3 Å². The Balaban J connectivity index is 1.63. The largest absolute Gasteiger partial charge is 0.405 e. The fourth-order valence-corrected chi connectivity index (χ4v) is 3.39. The van der Waals surface area contributed by atoms with Crippen molar-refractivity contribution in [2.45, 2.75) is 25.7 Å². The third-order valence-electron chi connectivity index (χ3n) is 4.30. The maximum absolute atomic E-state index is 5.89. The van der Waals surface area contributed by atoms with E-state index in [9.17, 15) is 0 Å². The van der Waals surface area contributed by atoms with Crippen LogP contribution >= 0.6 is 0 Å². The van der Waals surface area contributed by atoms with E-state index in [4.69, 9.17) is 15.2 Å². The van der Waals surface area contributed by atoms with Crippen LogP contribution in [0.5, 0.6) is 11.6 Å². The zero-order chi connectivity index (χ0) is 20.7. The van der Waals surface area contributed by atoms with Gasteiger partial charge in [0.05, 0.1) is 29.1 Å². The number of aliphatic imine (C=N–C) groups is 1. The fourth-order valence-electron chi connectivity index (χ4n) is 2.63. The molecule has 0 unspecified atom stereocenters. The topological polar surface area (TPSA) is 99.7 Å². The van der Waals surface area contributed by atoms with Gasteiger partial charge in [-0.15, -0.1) is 0 Å². The first-order chi connectivity index (χ1) is 13.9. The van der Waals surface area contributed by atoms with Crippen molar-refractivity contribution in [3.63, 3.8) is 0 Å². The molecular weight excluding hydrogens is 382 g/mol. The van der Waals surface area contributed by atoms with Gasteiger partial charge in [0, 0.05) is 20.1 Å². The summed E-state index contributed by atoms with van der Waals surface area (Å²) in [5.74, 6) is 1.36. The summed E-state index contributed by atoms with van der Waals surface area (Å²) >= 11 is 0. The van der Waals surface area contributed by atoms with E-state index in [1.807, 2.05) is 36.5 Å². The number of benzene rings is 1. The number of allylic oxidation sites excluding steroid dienone is 1. The molecule has 8 heteroatoms. The zero-order valence-corrected chi connectivity index (χ0v) is 18.1. The monoisotopic (exact) mass is 410 g/mol. The van der Waals surface area contributed by atoms with Gasteiger partial charge in [0.25, 0.3) is 0 Å². The molecule has 0 bridgehead atoms. The Morgan fingerprint density at radius 2 is 2.14 bits per heavy atom. The SMILES string of the molecule is C[Si](C)(C)CCOC/N=C(/C=C\N)c1ccc(Oc2ccc3[nH]ncc3c2)[nH+]c1. The normalized spacial score (nSPS) is 12.7. The summed E-state index contributed by atoms with van der Waals surface area (Å²) in [6.07, 6.45) is 6.85. The summed E-state index contributed by atoms with van der Waals surface area (Å²) in [5, 5.41) is 7.94. The molecule has 0 spiro atoms. The summed E-state index contributed by atoms with van der Waals surface area (Å²) in [6, 6.07) is 10.7. The maximum atomic E-state index is 5.89. The van der Waals surface area contributed by atoms with E-state index in [-0.39, 0.29) is 0 Å². The molecule has 0 amide bonds. The van der Waals surface area contributed by atoms with Crippen LogP contribution in [0.3, 0.4) is 0 Å². The molecule has 0 aliphatic heterocycles. The minimum Gasteiger partial charge on any atom is -0.405 e. The van der Waals surface area contributed by atoms with Crippen LogP contribution in [0, 0.1) is 0 Å². The van der Waals surface area contributed by atoms with Crippen LogP contribution in [0.15, 0.2) is 60.0 Å². The number of fused-ring (bicyclic) bond motifs is 1. The second kappa shape index (κ2) is 9.49. The lowest BCUT2D eigenvalue weighted by molar-refractivity contribution is -0.391. The van der Waals surface area contributed by atoms with Gasteiger partial charge in [-0.1, -0.05) is 19.6 Å². The number of rotatable bonds is 9. The minimum absolute atomic E-state index is 0.313. The van der Waals surface area contributed by atoms with E-state index in [0.717, 1.165) is 40.6 Å². The van der Waals surface area contributed by atoms with E-state index in [1.54, 1.807) is 12.3 Å². The van der Waals surface area contributed by atoms with Crippen LogP contribution in [0.25, 0.3) is 10.9 Å². The van der Waals surface area contributed by atoms with Crippen molar-refractivity contribution in [1.29, 1.82) is 0 Å². The summed E-state index contributed by atoms with van der Waals surface area (Å²) in [7, 11) is -1.10. The van der Waals surface area contributed by atoms with Gasteiger partial charge in [0.15, 0.2) is 6.20 Å². The van der Waals surface area contributed by atoms with Crippen LogP contribution in [0.4, 0.5) is 0 Å². The number of nitrogens with zero attached hydrogens (tertiary/aromatic N) is 2. The predicted molar refractivity (Wildman–Crippen MR) is 118 cm³/mol. The molecule has 0 saturated heterocycles. The number of ether oxygens (including phenoxy) is 2. The first kappa shape index (κ1) is 20.8. The van der Waals surface area contributed by atoms with Gasteiger partial charge in [-0.25, -0.2) is 0 Å². The lowest BCUT2D eigenvalue weighted by Crippen LogP contribution is -2.21. The smallest absolute Gasteiger partial charge is 0.371 e. The summed E-state index contributed by atoms with van der Waals surface area (Å²) in [4.78, 5) is 7.67. The van der Waals surface area contributed by atoms with Gasteiger partial charge in [-0.05, 0) is 42.6 Å². The number of pyridine rings is 1. The number of aromatic nitrogens is 3. The van der Waals surface area contributed by atoms with E-state index < -0.39 is 8.07 Å². The molecule has 0 aliphatic carbocycles. The molecule has 1 aromatic carbocycles. The zero-order valence-electron chi connectivity index (χ0n) is 17.1. The van der Waals surface area contributed by atoms with E-state index >= 15 is 0 Å². The highest BCUT2D eigenvalue weighted by Crippen LogP contribution is 2.22. The average molecular weight is 411 g/mol. The second-order valence-electron chi connectivity index (χ2n) is 7.91. The van der Waals surface area contributed by atoms with Crippen molar-refractivity contribution in [3.8, 4) is 11.6 Å². The van der Waals surface area contributed by atoms with Gasteiger partial charge in [0.2, 0.25) is 0 Å². The minimum atomic E-state index is -1.10. The summed E-state index contributed by atoms with van der Waals surface area (Å²) in [5.41, 5.74) is 8.21. The Hall–Kier alpha value is -2.97. The third-order valence-corrected chi connectivity index (χ3v) is 6.00. The van der Waals surface area contributed by atoms with Gasteiger partial charge in [0.1, 0.15) is 12.5 Å². The lowest BCUT2D eigenvalue weighted by atomic mass is 10.2. The highest BCUT2D eigenvalue weighted by Gasteiger charge is 2.12. The Labute approximate surface area is 171 Å². The molecular formula is C21H28N5O2Si+. The van der Waals surface area contributed by atoms with Gasteiger partial charge in [-0.3, -0.25) is 10.1 Å². The van der Waals surface area contributed by atoms with E-state index in [1.165, 1.54) is 6.20 Å². The molecule has 3 rings (SSSR count). The second-order valence-corrected chi connectivity index (χ2v) is 13.5. The standard InChI is InChI=1S/C21H27N5O2Si/c1-29(2,3)11-10-27-15-24-19(8-9-22)16-4-7-21(23-13-16)28-18-5-6-20-17(12-18)14-25-26-20/h4-9,12-14H,10-11,15,22H2,1-3H3,(H,25,26)/p+1/b9-8-,24-19-. The molecule has 2 aromatic heterocycles. The van der Waals surface area contributed by atoms with Crippen molar-refractivity contribution >= 4 is 24.7 Å². The van der Waals surface area contributed by atoms with E-state index in [0.29, 0.717) is 12.6 Å². The number of hydrogen-bond acceptors (Lipinski definition) is 5. The quantitative estimate of drug-likeness (QED) is 0.319. The van der Waals surface area contributed by atoms with Crippen LogP contribution in [-0.4, -0.2) is 37.3 Å². The summed E-state index contributed by atoms with van der Waals surface area (Å²) < 4.78 is 11.6. The fraction of sp³-hybridized carbons (Fsp3) is 0.286. The van der Waals surface area contributed by atoms with E-state index in [2.05, 4.69) is 39.8 Å². The Morgan fingerprint density at radius 3 is 2.86 bits per heavy atom. The third kappa shape index (κ3) is 6.26. The molecule has 0 saturated carbocycles. The van der Waals surface area contributed by atoms with Gasteiger partial charge in [-0.2, -0.15) is 10.1 Å². The Morgan fingerprint density at radius 1 is 1.28 bits per heavy atom. The molecule has 152 valence electrons. The highest BCUT2D eigenvalue weighted by atomic mass is 28.3. The Kier molecular flexibility index (Phi) is 6.79. The maximum Gasteiger partial charge on any atom is 0.371 e. The summed E-state index contributed by atoms with van der Waals surface area (Å²) in [6.45, 7) is 8.03. The molecule has 0 aliphatic rings. The van der Waals surface area contributed by atoms with Gasteiger partial charge < -0.3 is 15.2 Å². The van der Waals surface area contributed by atoms with Crippen molar-refractivity contribution in [3.05, 3.63) is 60.6 Å². The molecule has 29 heavy (non-hydrogen) atoms. The van der Waals surface area contributed by atoms with Crippen LogP contribution in [-0.2, 0) is 4.74 Å². The molecule has 3 aromatic rings. The van der Waals surface area contributed by atoms with Crippen molar-refractivity contribution in [1.82, 2.24) is 10.2 Å². The number of nitrogens with two attached hydrogens (primary N) is 1. The van der Waals surface area contributed by atoms with Crippen molar-refractivity contribution < 1.29 is 14.5 Å². The molecule has 7 nitrogen and oxygen atoms in total. The van der Waals surface area contributed by atoms with Crippen molar-refractivity contribution in [2.24, 2.45) is 10.7 Å². The van der Waals surface area contributed by atoms with Crippen LogP contribution in [0.2, 0.25) is 25.7 Å². The molecule has 0 radical (unpaired) electrons. The number of H-pyrrole nitrogens is 2. The number of nitrogens with one attached hydrogen (secondary N) is 2. The average Bonchev–Trinajstić information content (AvgIpc) is 3.14. The molecule has 4 N–H and O–H groups in total. The van der Waals surface area contributed by atoms with Gasteiger partial charge >= 0.3 is 5.88 Å². The van der Waals surface area contributed by atoms with Crippen LogP contribution < -0.4 is 15.5 Å². The highest BCUT2D eigenvalue weighted by molar-refractivity contribution is 6.76. The molecule has 2 heterocycles. The number of aromatic amines is 2. The lowest BCUT2D eigenvalue weighted by Gasteiger charge is -2.14. The first-order valence-electron chi connectivity index (χ1n) is 9.58. The Bertz CT molecular complexity index is 990. The van der Waals surface area contributed by atoms with Crippen LogP contribution in [0.1, 0.15) is 5.56 Å². The number of hydrogen-bond donors (Lipinski definition) is 2.